The van der Waals surface area contributed by atoms with Crippen LogP contribution in [0.25, 0.3) is 11.5 Å². The van der Waals surface area contributed by atoms with Crippen molar-refractivity contribution in [2.24, 2.45) is 7.05 Å². The Hall–Kier alpha value is -3.09. The number of benzene rings is 1. The van der Waals surface area contributed by atoms with Gasteiger partial charge in [0.2, 0.25) is 5.89 Å². The molecule has 22 heavy (non-hydrogen) atoms. The van der Waals surface area contributed by atoms with E-state index in [0.717, 1.165) is 11.3 Å². The Morgan fingerprint density at radius 1 is 1.27 bits per heavy atom. The van der Waals surface area contributed by atoms with Crippen LogP contribution in [0.2, 0.25) is 0 Å². The van der Waals surface area contributed by atoms with Gasteiger partial charge in [0.25, 0.3) is 0 Å². The zero-order valence-corrected chi connectivity index (χ0v) is 12.2. The number of anilines is 2. The van der Waals surface area contributed by atoms with Crippen LogP contribution in [0.15, 0.2) is 47.1 Å². The van der Waals surface area contributed by atoms with Crippen LogP contribution in [0.1, 0.15) is 5.76 Å². The molecule has 0 saturated carbocycles. The third-order valence-electron chi connectivity index (χ3n) is 2.94. The molecule has 0 aliphatic rings. The van der Waals surface area contributed by atoms with Crippen molar-refractivity contribution < 1.29 is 9.21 Å². The summed E-state index contributed by atoms with van der Waals surface area (Å²) in [6.07, 6.45) is 3.41. The number of carbonyl (C=O) groups is 1. The molecule has 2 aromatic heterocycles. The lowest BCUT2D eigenvalue weighted by Gasteiger charge is -2.06. The quantitative estimate of drug-likeness (QED) is 0.778. The fourth-order valence-electron chi connectivity index (χ4n) is 1.98. The smallest absolute Gasteiger partial charge is 0.324 e. The standard InChI is InChI=1S/C15H15N5O2/c1-10-9-16-14(22-10)11-4-3-5-12(8-11)17-15(21)18-13-6-7-20(2)19-13/h3-9H,1-2H3,(H2,17,18,19,21). The lowest BCUT2D eigenvalue weighted by atomic mass is 10.2. The van der Waals surface area contributed by atoms with Crippen LogP contribution in [-0.2, 0) is 7.05 Å². The summed E-state index contributed by atoms with van der Waals surface area (Å²) in [6, 6.07) is 8.63. The highest BCUT2D eigenvalue weighted by atomic mass is 16.4. The number of carbonyl (C=O) groups excluding carboxylic acids is 1. The van der Waals surface area contributed by atoms with Gasteiger partial charge >= 0.3 is 6.03 Å². The first kappa shape index (κ1) is 13.9. The minimum atomic E-state index is -0.362. The van der Waals surface area contributed by atoms with Gasteiger partial charge in [-0.05, 0) is 25.1 Å². The van der Waals surface area contributed by atoms with E-state index in [0.29, 0.717) is 17.4 Å². The van der Waals surface area contributed by atoms with E-state index in [1.54, 1.807) is 42.3 Å². The van der Waals surface area contributed by atoms with Gasteiger partial charge in [-0.25, -0.2) is 9.78 Å². The van der Waals surface area contributed by atoms with Crippen LogP contribution >= 0.6 is 0 Å². The van der Waals surface area contributed by atoms with Crippen molar-refractivity contribution in [2.75, 3.05) is 10.6 Å². The summed E-state index contributed by atoms with van der Waals surface area (Å²) < 4.78 is 7.09. The highest BCUT2D eigenvalue weighted by Crippen LogP contribution is 2.22. The summed E-state index contributed by atoms with van der Waals surface area (Å²) in [5.74, 6) is 1.74. The third-order valence-corrected chi connectivity index (χ3v) is 2.94. The van der Waals surface area contributed by atoms with E-state index in [4.69, 9.17) is 4.42 Å². The number of rotatable bonds is 3. The molecule has 0 fully saturated rings. The number of aryl methyl sites for hydroxylation is 2. The number of aromatic nitrogens is 3. The van der Waals surface area contributed by atoms with Gasteiger partial charge in [0.15, 0.2) is 5.82 Å². The zero-order chi connectivity index (χ0) is 15.5. The Morgan fingerprint density at radius 3 is 2.82 bits per heavy atom. The minimum absolute atomic E-state index is 0.362. The monoisotopic (exact) mass is 297 g/mol. The maximum atomic E-state index is 11.9. The van der Waals surface area contributed by atoms with Crippen LogP contribution in [0.5, 0.6) is 0 Å². The lowest BCUT2D eigenvalue weighted by Crippen LogP contribution is -2.19. The summed E-state index contributed by atoms with van der Waals surface area (Å²) in [7, 11) is 1.78. The molecule has 3 aromatic rings. The molecule has 2 amide bonds. The molecule has 1 aromatic carbocycles. The Morgan fingerprint density at radius 2 is 2.14 bits per heavy atom. The van der Waals surface area contributed by atoms with Crippen LogP contribution in [0, 0.1) is 6.92 Å². The highest BCUT2D eigenvalue weighted by Gasteiger charge is 2.08. The first-order valence-electron chi connectivity index (χ1n) is 6.71. The molecule has 0 saturated heterocycles. The van der Waals surface area contributed by atoms with E-state index in [-0.39, 0.29) is 6.03 Å². The number of hydrogen-bond acceptors (Lipinski definition) is 4. The Labute approximate surface area is 127 Å². The van der Waals surface area contributed by atoms with Gasteiger partial charge in [-0.15, -0.1) is 0 Å². The second kappa shape index (κ2) is 5.72. The van der Waals surface area contributed by atoms with Gasteiger partial charge in [-0.3, -0.25) is 10.00 Å². The molecule has 0 spiro atoms. The van der Waals surface area contributed by atoms with Gasteiger partial charge in [0.05, 0.1) is 6.20 Å². The van der Waals surface area contributed by atoms with Crippen LogP contribution < -0.4 is 10.6 Å². The Kier molecular flexibility index (Phi) is 3.61. The van der Waals surface area contributed by atoms with Gasteiger partial charge in [-0.2, -0.15) is 5.10 Å². The third kappa shape index (κ3) is 3.14. The van der Waals surface area contributed by atoms with E-state index in [1.165, 1.54) is 0 Å². The molecule has 2 N–H and O–H groups in total. The summed E-state index contributed by atoms with van der Waals surface area (Å²) in [5, 5.41) is 9.48. The van der Waals surface area contributed by atoms with Gasteiger partial charge in [0.1, 0.15) is 5.76 Å². The molecule has 2 heterocycles. The van der Waals surface area contributed by atoms with Crippen molar-refractivity contribution in [1.29, 1.82) is 0 Å². The van der Waals surface area contributed by atoms with E-state index >= 15 is 0 Å². The molecule has 0 bridgehead atoms. The molecule has 0 aliphatic heterocycles. The molecule has 112 valence electrons. The molecule has 0 atom stereocenters. The molecule has 0 aliphatic carbocycles. The Bertz CT molecular complexity index is 806. The Balaban J connectivity index is 1.71. The topological polar surface area (TPSA) is 85.0 Å². The average molecular weight is 297 g/mol. The van der Waals surface area contributed by atoms with E-state index in [2.05, 4.69) is 20.7 Å². The van der Waals surface area contributed by atoms with Crippen molar-refractivity contribution in [3.63, 3.8) is 0 Å². The number of nitrogens with zero attached hydrogens (tertiary/aromatic N) is 3. The van der Waals surface area contributed by atoms with E-state index in [9.17, 15) is 4.79 Å². The number of nitrogens with one attached hydrogen (secondary N) is 2. The van der Waals surface area contributed by atoms with E-state index in [1.807, 2.05) is 19.1 Å². The first-order chi connectivity index (χ1) is 10.6. The summed E-state index contributed by atoms with van der Waals surface area (Å²) in [5.41, 5.74) is 1.44. The summed E-state index contributed by atoms with van der Waals surface area (Å²) in [4.78, 5) is 16.1. The van der Waals surface area contributed by atoms with Crippen molar-refractivity contribution in [2.45, 2.75) is 6.92 Å². The van der Waals surface area contributed by atoms with Crippen molar-refractivity contribution in [3.8, 4) is 11.5 Å². The maximum Gasteiger partial charge on any atom is 0.324 e. The molecular formula is C15H15N5O2. The molecule has 0 radical (unpaired) electrons. The highest BCUT2D eigenvalue weighted by molar-refractivity contribution is 5.99. The lowest BCUT2D eigenvalue weighted by molar-refractivity contribution is 0.262. The van der Waals surface area contributed by atoms with Crippen molar-refractivity contribution >= 4 is 17.5 Å². The van der Waals surface area contributed by atoms with Crippen molar-refractivity contribution in [3.05, 3.63) is 48.5 Å². The van der Waals surface area contributed by atoms with Gasteiger partial charge in [0, 0.05) is 30.6 Å². The van der Waals surface area contributed by atoms with Crippen molar-refractivity contribution in [1.82, 2.24) is 14.8 Å². The van der Waals surface area contributed by atoms with Crippen LogP contribution in [-0.4, -0.2) is 20.8 Å². The predicted molar refractivity (Wildman–Crippen MR) is 82.5 cm³/mol. The summed E-state index contributed by atoms with van der Waals surface area (Å²) in [6.45, 7) is 1.83. The number of amides is 2. The number of oxazole rings is 1. The fourth-order valence-corrected chi connectivity index (χ4v) is 1.98. The fraction of sp³-hybridized carbons (Fsp3) is 0.133. The number of hydrogen-bond donors (Lipinski definition) is 2. The molecule has 0 unspecified atom stereocenters. The van der Waals surface area contributed by atoms with Gasteiger partial charge in [-0.1, -0.05) is 6.07 Å². The molecule has 7 nitrogen and oxygen atoms in total. The molecular weight excluding hydrogens is 282 g/mol. The zero-order valence-electron chi connectivity index (χ0n) is 12.2. The van der Waals surface area contributed by atoms with Gasteiger partial charge < -0.3 is 9.73 Å². The summed E-state index contributed by atoms with van der Waals surface area (Å²) >= 11 is 0. The first-order valence-corrected chi connectivity index (χ1v) is 6.71. The predicted octanol–water partition coefficient (Wildman–Crippen LogP) is 3.03. The molecule has 7 heteroatoms. The van der Waals surface area contributed by atoms with Crippen LogP contribution in [0.4, 0.5) is 16.3 Å². The SMILES string of the molecule is Cc1cnc(-c2cccc(NC(=O)Nc3ccn(C)n3)c2)o1. The average Bonchev–Trinajstić information content (AvgIpc) is 3.08. The van der Waals surface area contributed by atoms with E-state index < -0.39 is 0 Å². The number of urea groups is 1. The van der Waals surface area contributed by atoms with Crippen LogP contribution in [0.3, 0.4) is 0 Å². The minimum Gasteiger partial charge on any atom is -0.441 e. The second-order valence-electron chi connectivity index (χ2n) is 4.81. The maximum absolute atomic E-state index is 11.9. The largest absolute Gasteiger partial charge is 0.441 e. The normalized spacial score (nSPS) is 10.5. The molecule has 3 rings (SSSR count). The second-order valence-corrected chi connectivity index (χ2v) is 4.81.